The molecule has 4 saturated heterocycles. The van der Waals surface area contributed by atoms with Gasteiger partial charge in [0.05, 0.1) is 80.6 Å². The normalized spacial score (nSPS) is 22.5. The van der Waals surface area contributed by atoms with Crippen LogP contribution in [0.15, 0.2) is 171 Å². The van der Waals surface area contributed by atoms with E-state index in [1.54, 1.807) is 37.1 Å². The van der Waals surface area contributed by atoms with Crippen molar-refractivity contribution in [1.82, 2.24) is 104 Å². The summed E-state index contributed by atoms with van der Waals surface area (Å²) < 4.78 is 24.2. The fourth-order valence-corrected chi connectivity index (χ4v) is 22.3. The van der Waals surface area contributed by atoms with Crippen LogP contribution >= 0.6 is 11.8 Å². The van der Waals surface area contributed by atoms with Crippen molar-refractivity contribution >= 4 is 128 Å². The Hall–Kier alpha value is -11.8. The zero-order valence-corrected chi connectivity index (χ0v) is 77.5. The first kappa shape index (κ1) is 87.6. The number of hydrogen-bond acceptors (Lipinski definition) is 25. The number of aromatic nitrogens is 17. The molecular weight excluding hydrogens is 1700 g/mol. The zero-order valence-electron chi connectivity index (χ0n) is 76.7. The van der Waals surface area contributed by atoms with E-state index in [1.165, 1.54) is 136 Å². The summed E-state index contributed by atoms with van der Waals surface area (Å²) in [6, 6.07) is 41.2. The SMILES string of the molecule is CNc1ccc(-c2ccc3[nH]c4ncnc(NC5CCC(N6CCOCC6)CC5)c4c3c2)cc1.CSc1ncc(-c2ccc3[nH]c4ncnc(NC5CCC(N6CCOCC6)CC5)c4c3c2)cn1.c1nc(NC2CCC(N3CCOCC3)CC2)c2c(n1)[nH]c1ccc(-c3cc[nH]c3)cc12.c1nc(NC2CCC(N3CCOCC3)CC2)c2c(n1)[nH]c1ccc(-c3cnn(CC4CC4)c3)cc12. The fourth-order valence-electron chi connectivity index (χ4n) is 22.0. The van der Waals surface area contributed by atoms with Crippen molar-refractivity contribution in [2.75, 3.05) is 145 Å². The van der Waals surface area contributed by atoms with Gasteiger partial charge in [-0.05, 0) is 228 Å². The fraction of sp³-hybridized carbons (Fsp3) is 0.447. The molecule has 10 N–H and O–H groups in total. The first-order chi connectivity index (χ1) is 66.2. The molecule has 16 aromatic rings. The number of thioether (sulfide) groups is 1. The second-order valence-corrected chi connectivity index (χ2v) is 38.6. The number of hydrogen-bond donors (Lipinski definition) is 10. The molecule has 0 bridgehead atoms. The van der Waals surface area contributed by atoms with Gasteiger partial charge in [0, 0.05) is 206 Å². The number of benzene rings is 5. The van der Waals surface area contributed by atoms with Gasteiger partial charge in [0.25, 0.3) is 0 Å². The van der Waals surface area contributed by atoms with Crippen molar-refractivity contribution in [1.29, 1.82) is 0 Å². The maximum absolute atomic E-state index is 5.54. The van der Waals surface area contributed by atoms with Crippen LogP contribution in [0.4, 0.5) is 29.0 Å². The first-order valence-electron chi connectivity index (χ1n) is 48.9. The van der Waals surface area contributed by atoms with Crippen LogP contribution in [0, 0.1) is 5.92 Å². The Morgan fingerprint density at radius 2 is 0.672 bits per heavy atom. The Kier molecular flexibility index (Phi) is 26.4. The predicted octanol–water partition coefficient (Wildman–Crippen LogP) is 17.8. The molecule has 0 spiro atoms. The van der Waals surface area contributed by atoms with E-state index < -0.39 is 0 Å². The summed E-state index contributed by atoms with van der Waals surface area (Å²) in [4.78, 5) is 73.2. The lowest BCUT2D eigenvalue weighted by Gasteiger charge is -2.39. The van der Waals surface area contributed by atoms with Crippen molar-refractivity contribution in [2.24, 2.45) is 5.92 Å². The zero-order chi connectivity index (χ0) is 89.6. The monoisotopic (exact) mass is 1820 g/mol. The van der Waals surface area contributed by atoms with E-state index in [-0.39, 0.29) is 0 Å². The summed E-state index contributed by atoms with van der Waals surface area (Å²) in [5.41, 5.74) is 18.2. The molecule has 0 unspecified atom stereocenters. The molecule has 0 amide bonds. The smallest absolute Gasteiger partial charge is 0.187 e. The summed E-state index contributed by atoms with van der Waals surface area (Å²) in [5, 5.41) is 32.6. The highest BCUT2D eigenvalue weighted by atomic mass is 32.2. The number of H-pyrrole nitrogens is 5. The molecule has 25 rings (SSSR count). The van der Waals surface area contributed by atoms with E-state index in [0.717, 1.165) is 264 Å². The molecule has 694 valence electrons. The number of aromatic amines is 5. The van der Waals surface area contributed by atoms with Gasteiger partial charge < -0.3 is 70.5 Å². The molecule has 9 fully saturated rings. The number of nitrogens with one attached hydrogen (secondary N) is 10. The molecule has 5 aromatic carbocycles. The third kappa shape index (κ3) is 19.6. The number of morpholine rings is 4. The van der Waals surface area contributed by atoms with Gasteiger partial charge in [-0.3, -0.25) is 24.3 Å². The maximum Gasteiger partial charge on any atom is 0.187 e. The summed E-state index contributed by atoms with van der Waals surface area (Å²) in [6.07, 6.45) is 42.3. The van der Waals surface area contributed by atoms with Crippen LogP contribution in [0.2, 0.25) is 0 Å². The molecule has 4 aliphatic heterocycles. The van der Waals surface area contributed by atoms with E-state index in [4.69, 9.17) is 23.9 Å². The van der Waals surface area contributed by atoms with Gasteiger partial charge in [0.2, 0.25) is 0 Å². The van der Waals surface area contributed by atoms with Crippen LogP contribution in [0.3, 0.4) is 0 Å². The van der Waals surface area contributed by atoms with E-state index in [2.05, 4.69) is 235 Å². The minimum Gasteiger partial charge on any atom is -0.388 e. The number of rotatable bonds is 20. The van der Waals surface area contributed by atoms with Crippen LogP contribution < -0.4 is 26.6 Å². The predicted molar refractivity (Wildman–Crippen MR) is 535 cm³/mol. The average molecular weight is 1820 g/mol. The summed E-state index contributed by atoms with van der Waals surface area (Å²) in [6.45, 7) is 16.6. The molecule has 0 atom stereocenters. The first-order valence-corrected chi connectivity index (χ1v) is 50.1. The molecular formula is C103H122N26O4S. The third-order valence-electron chi connectivity index (χ3n) is 29.6. The van der Waals surface area contributed by atoms with Gasteiger partial charge in [0.1, 0.15) is 71.2 Å². The molecule has 30 nitrogen and oxygen atoms in total. The van der Waals surface area contributed by atoms with Gasteiger partial charge >= 0.3 is 0 Å². The van der Waals surface area contributed by atoms with Crippen LogP contribution in [-0.4, -0.2) is 271 Å². The highest BCUT2D eigenvalue weighted by molar-refractivity contribution is 7.98. The van der Waals surface area contributed by atoms with Crippen molar-refractivity contribution in [3.05, 3.63) is 166 Å². The van der Waals surface area contributed by atoms with Gasteiger partial charge in [0.15, 0.2) is 5.16 Å². The molecule has 31 heteroatoms. The van der Waals surface area contributed by atoms with Crippen molar-refractivity contribution in [2.45, 2.75) is 176 Å². The molecule has 5 saturated carbocycles. The molecule has 15 heterocycles. The van der Waals surface area contributed by atoms with E-state index in [1.807, 2.05) is 44.3 Å². The molecule has 0 radical (unpaired) electrons. The van der Waals surface area contributed by atoms with E-state index >= 15 is 0 Å². The summed E-state index contributed by atoms with van der Waals surface area (Å²) >= 11 is 1.54. The quantitative estimate of drug-likeness (QED) is 0.0250. The standard InChI is InChI=1S/C27H33N7O.C27H32N6O.C25H29N7OS.C24H28N6O/c1-2-18(1)15-34-16-20(14-30-34)19-3-8-24-23(13-19)25-26(28-17-29-27(25)32-24)31-21-4-6-22(7-5-21)33-9-11-35-12-10-33;1-28-20-5-2-18(3-6-20)19-4-11-24-23(16-19)25-26(29-17-30-27(25)32-24)31-21-7-9-22(10-8-21)33-12-14-34-15-13-33;1-34-25-26-13-17(14-27-25)16-2-7-21-20(12-16)22-23(28-15-29-24(22)31-21)30-18-3-5-19(6-4-18)32-8-10-33-11-9-32;1-6-21-20(13-16(1)17-7-8-25-14-17)22-23(26-15-27-24(22)29-21)28-18-2-4-19(5-3-18)30-9-11-31-12-10-30/h3,8,13-14,16-18,21-22H,1-2,4-7,9-12,15H2,(H2,28,29,31,32);2-6,11,16-17,21-22,28H,7-10,12-15H2,1H3,(H2,29,30,31,32);2,7,12-15,18-19H,3-6,8-11H2,1H3,(H2,28,29,30,31);1,6-8,13-15,18-19,25H,2-5,9-12H2,(H2,26,27,28,29). The lowest BCUT2D eigenvalue weighted by atomic mass is 9.90. The highest BCUT2D eigenvalue weighted by Crippen LogP contribution is 2.42. The van der Waals surface area contributed by atoms with Crippen molar-refractivity contribution in [3.8, 4) is 44.5 Å². The van der Waals surface area contributed by atoms with Crippen LogP contribution in [0.1, 0.15) is 116 Å². The Bertz CT molecular complexity index is 6440. The van der Waals surface area contributed by atoms with Gasteiger partial charge in [-0.15, -0.1) is 0 Å². The Balaban J connectivity index is 0.000000104. The minimum absolute atomic E-state index is 0.427. The van der Waals surface area contributed by atoms with Gasteiger partial charge in [-0.25, -0.2) is 49.8 Å². The largest absolute Gasteiger partial charge is 0.388 e. The second kappa shape index (κ2) is 40.4. The van der Waals surface area contributed by atoms with Crippen LogP contribution in [0.25, 0.3) is 132 Å². The van der Waals surface area contributed by atoms with E-state index in [0.29, 0.717) is 48.3 Å². The Labute approximate surface area is 783 Å². The molecule has 5 aliphatic carbocycles. The van der Waals surface area contributed by atoms with Crippen molar-refractivity contribution < 1.29 is 18.9 Å². The summed E-state index contributed by atoms with van der Waals surface area (Å²) in [5.74, 6) is 4.55. The average Bonchev–Trinajstić information content (AvgIpc) is 1.62. The lowest BCUT2D eigenvalue weighted by Crippen LogP contribution is -2.46. The number of nitrogens with zero attached hydrogens (tertiary/aromatic N) is 16. The Morgan fingerprint density at radius 1 is 0.343 bits per heavy atom. The molecule has 9 aliphatic rings. The second-order valence-electron chi connectivity index (χ2n) is 37.8. The lowest BCUT2D eigenvalue weighted by molar-refractivity contribution is 0.00788. The summed E-state index contributed by atoms with van der Waals surface area (Å²) in [7, 11) is 1.94. The van der Waals surface area contributed by atoms with Crippen LogP contribution in [0.5, 0.6) is 0 Å². The van der Waals surface area contributed by atoms with Gasteiger partial charge in [-0.1, -0.05) is 48.2 Å². The van der Waals surface area contributed by atoms with E-state index in [9.17, 15) is 0 Å². The number of ether oxygens (including phenoxy) is 4. The third-order valence-corrected chi connectivity index (χ3v) is 30.2. The van der Waals surface area contributed by atoms with Crippen molar-refractivity contribution in [3.63, 3.8) is 0 Å². The van der Waals surface area contributed by atoms with Crippen LogP contribution in [-0.2, 0) is 25.5 Å². The maximum atomic E-state index is 5.54. The topological polar surface area (TPSA) is 336 Å². The Morgan fingerprint density at radius 3 is 0.993 bits per heavy atom. The minimum atomic E-state index is 0.427. The van der Waals surface area contributed by atoms with Gasteiger partial charge in [-0.2, -0.15) is 5.10 Å². The molecule has 134 heavy (non-hydrogen) atoms. The number of fused-ring (bicyclic) bond motifs is 12. The highest BCUT2D eigenvalue weighted by Gasteiger charge is 2.34. The number of anilines is 5. The molecule has 11 aromatic heterocycles.